The molecule has 11 nitrogen and oxygen atoms in total. The highest BCUT2D eigenvalue weighted by Gasteiger charge is 2.32. The van der Waals surface area contributed by atoms with Crippen LogP contribution in [0.3, 0.4) is 0 Å². The van der Waals surface area contributed by atoms with E-state index in [1.165, 1.54) is 11.4 Å². The molecule has 0 radical (unpaired) electrons. The number of amides is 1. The van der Waals surface area contributed by atoms with Crippen LogP contribution in [0.4, 0.5) is 15.7 Å². The number of fused-ring (bicyclic) bond motifs is 1. The zero-order valence-corrected chi connectivity index (χ0v) is 21.8. The highest BCUT2D eigenvalue weighted by molar-refractivity contribution is 7.91. The Bertz CT molecular complexity index is 1280. The van der Waals surface area contributed by atoms with Crippen molar-refractivity contribution in [1.29, 1.82) is 0 Å². The van der Waals surface area contributed by atoms with E-state index in [0.29, 0.717) is 31.9 Å². The first-order valence-corrected chi connectivity index (χ1v) is 13.8. The number of aryl methyl sites for hydroxylation is 2. The Morgan fingerprint density at radius 1 is 1.24 bits per heavy atom. The summed E-state index contributed by atoms with van der Waals surface area (Å²) < 4.78 is 33.6. The number of methoxy groups -OCH3 is 1. The minimum Gasteiger partial charge on any atom is -0.453 e. The molecule has 0 aliphatic carbocycles. The van der Waals surface area contributed by atoms with Crippen LogP contribution >= 0.6 is 22.7 Å². The second-order valence-corrected chi connectivity index (χ2v) is 12.1. The van der Waals surface area contributed by atoms with Crippen LogP contribution in [-0.2, 0) is 14.8 Å². The van der Waals surface area contributed by atoms with Crippen LogP contribution in [0.1, 0.15) is 18.2 Å². The summed E-state index contributed by atoms with van der Waals surface area (Å²) >= 11 is 2.56. The number of carbonyl (C=O) groups is 1. The largest absolute Gasteiger partial charge is 0.453 e. The van der Waals surface area contributed by atoms with E-state index in [4.69, 9.17) is 0 Å². The predicted octanol–water partition coefficient (Wildman–Crippen LogP) is 2.75. The molecule has 184 valence electrons. The van der Waals surface area contributed by atoms with Gasteiger partial charge in [-0.15, -0.1) is 11.3 Å². The average molecular weight is 526 g/mol. The fraction of sp³-hybridized carbons (Fsp3) is 0.500. The molecule has 0 bridgehead atoms. The first-order chi connectivity index (χ1) is 16.2. The lowest BCUT2D eigenvalue weighted by Gasteiger charge is -2.35. The van der Waals surface area contributed by atoms with Crippen LogP contribution in [0.15, 0.2) is 15.9 Å². The van der Waals surface area contributed by atoms with Gasteiger partial charge in [0.2, 0.25) is 0 Å². The number of nitrogens with zero attached hydrogens (tertiary/aromatic N) is 5. The molecule has 2 N–H and O–H groups in total. The summed E-state index contributed by atoms with van der Waals surface area (Å²) in [6.07, 6.45) is 0.889. The molecule has 4 heterocycles. The molecule has 0 spiro atoms. The number of piperazine rings is 1. The van der Waals surface area contributed by atoms with Gasteiger partial charge < -0.3 is 10.1 Å². The summed E-state index contributed by atoms with van der Waals surface area (Å²) in [5, 5.41) is 8.18. The van der Waals surface area contributed by atoms with Gasteiger partial charge in [-0.25, -0.2) is 28.2 Å². The molecular weight excluding hydrogens is 498 g/mol. The molecule has 1 fully saturated rings. The summed E-state index contributed by atoms with van der Waals surface area (Å²) in [6.45, 7) is 8.51. The molecule has 3 aromatic heterocycles. The molecule has 1 aliphatic rings. The number of hydrogen-bond donors (Lipinski definition) is 2. The maximum atomic E-state index is 13.2. The van der Waals surface area contributed by atoms with Gasteiger partial charge in [-0.1, -0.05) is 11.3 Å². The summed E-state index contributed by atoms with van der Waals surface area (Å²) in [4.78, 5) is 26.6. The van der Waals surface area contributed by atoms with Crippen LogP contribution in [0.25, 0.3) is 10.2 Å². The van der Waals surface area contributed by atoms with Crippen molar-refractivity contribution in [2.24, 2.45) is 0 Å². The maximum absolute atomic E-state index is 13.2. The smallest absolute Gasteiger partial charge is 0.413 e. The van der Waals surface area contributed by atoms with E-state index in [9.17, 15) is 13.2 Å². The molecule has 4 rings (SSSR count). The Hall–Kier alpha value is -2.39. The van der Waals surface area contributed by atoms with Crippen LogP contribution in [0.5, 0.6) is 0 Å². The number of nitrogens with one attached hydrogen (secondary N) is 2. The number of aromatic nitrogens is 3. The van der Waals surface area contributed by atoms with Gasteiger partial charge in [-0.05, 0) is 31.7 Å². The fourth-order valence-corrected chi connectivity index (χ4v) is 7.73. The third-order valence-electron chi connectivity index (χ3n) is 5.50. The molecule has 1 saturated heterocycles. The number of hydrogen-bond acceptors (Lipinski definition) is 11. The second-order valence-electron chi connectivity index (χ2n) is 8.08. The summed E-state index contributed by atoms with van der Waals surface area (Å²) in [5.41, 5.74) is 2.47. The minimum atomic E-state index is -3.70. The van der Waals surface area contributed by atoms with Crippen molar-refractivity contribution in [2.75, 3.05) is 50.5 Å². The summed E-state index contributed by atoms with van der Waals surface area (Å²) in [6, 6.07) is 0.124. The Morgan fingerprint density at radius 2 is 1.97 bits per heavy atom. The molecule has 1 aliphatic heterocycles. The van der Waals surface area contributed by atoms with Crippen molar-refractivity contribution in [3.63, 3.8) is 0 Å². The lowest BCUT2D eigenvalue weighted by molar-refractivity contribution is 0.184. The first-order valence-electron chi connectivity index (χ1n) is 10.7. The van der Waals surface area contributed by atoms with Crippen molar-refractivity contribution in [1.82, 2.24) is 24.2 Å². The second kappa shape index (κ2) is 10.1. The summed E-state index contributed by atoms with van der Waals surface area (Å²) in [7, 11) is -2.46. The zero-order chi connectivity index (χ0) is 24.5. The maximum Gasteiger partial charge on any atom is 0.413 e. The highest BCUT2D eigenvalue weighted by Crippen LogP contribution is 2.31. The SMILES string of the molecule is COC(=O)Nc1nc(C)c(S(=O)(=O)N2CCN(C[C@H](C)Nc3ncnc4c(C)csc34)CC2)s1. The molecule has 34 heavy (non-hydrogen) atoms. The van der Waals surface area contributed by atoms with E-state index in [1.807, 2.05) is 6.92 Å². The van der Waals surface area contributed by atoms with Gasteiger partial charge in [0.15, 0.2) is 9.34 Å². The molecule has 0 aromatic carbocycles. The van der Waals surface area contributed by atoms with Crippen LogP contribution in [0, 0.1) is 13.8 Å². The van der Waals surface area contributed by atoms with E-state index in [1.54, 1.807) is 24.6 Å². The predicted molar refractivity (Wildman–Crippen MR) is 133 cm³/mol. The molecule has 3 aromatic rings. The van der Waals surface area contributed by atoms with E-state index in [2.05, 4.69) is 47.5 Å². The third kappa shape index (κ3) is 5.15. The lowest BCUT2D eigenvalue weighted by atomic mass is 10.2. The van der Waals surface area contributed by atoms with Crippen molar-refractivity contribution < 1.29 is 17.9 Å². The highest BCUT2D eigenvalue weighted by atomic mass is 32.2. The average Bonchev–Trinajstić information content (AvgIpc) is 3.37. The Balaban J connectivity index is 1.35. The van der Waals surface area contributed by atoms with E-state index in [-0.39, 0.29) is 15.4 Å². The standard InChI is InChI=1S/C20H27N7O4S3/c1-12-10-32-16-15(12)21-11-22-17(16)23-13(2)9-26-5-7-27(8-6-26)34(29,30)18-14(3)24-19(33-18)25-20(28)31-4/h10-11,13H,5-9H2,1-4H3,(H,21,22,23)(H,24,25,28)/t13-/m0/s1. The molecule has 14 heteroatoms. The molecule has 1 atom stereocenters. The molecule has 1 amide bonds. The lowest BCUT2D eigenvalue weighted by Crippen LogP contribution is -2.50. The zero-order valence-electron chi connectivity index (χ0n) is 19.4. The van der Waals surface area contributed by atoms with Crippen molar-refractivity contribution >= 4 is 60.0 Å². The van der Waals surface area contributed by atoms with Gasteiger partial charge in [-0.3, -0.25) is 10.2 Å². The van der Waals surface area contributed by atoms with Gasteiger partial charge in [-0.2, -0.15) is 4.31 Å². The van der Waals surface area contributed by atoms with E-state index < -0.39 is 16.1 Å². The third-order valence-corrected chi connectivity index (χ3v) is 10.2. The Morgan fingerprint density at radius 3 is 2.68 bits per heavy atom. The van der Waals surface area contributed by atoms with Crippen LogP contribution in [-0.4, -0.2) is 84.5 Å². The van der Waals surface area contributed by atoms with E-state index >= 15 is 0 Å². The number of sulfonamides is 1. The molecular formula is C20H27N7O4S3. The first kappa shape index (κ1) is 24.7. The number of thiazole rings is 1. The van der Waals surface area contributed by atoms with Crippen molar-refractivity contribution in [3.8, 4) is 0 Å². The quantitative estimate of drug-likeness (QED) is 0.478. The topological polar surface area (TPSA) is 130 Å². The van der Waals surface area contributed by atoms with Gasteiger partial charge in [0.25, 0.3) is 10.0 Å². The number of rotatable bonds is 7. The van der Waals surface area contributed by atoms with Gasteiger partial charge >= 0.3 is 6.09 Å². The number of anilines is 2. The molecule has 0 saturated carbocycles. The monoisotopic (exact) mass is 525 g/mol. The molecule has 0 unspecified atom stereocenters. The van der Waals surface area contributed by atoms with Crippen molar-refractivity contribution in [3.05, 3.63) is 23.0 Å². The van der Waals surface area contributed by atoms with Crippen LogP contribution < -0.4 is 10.6 Å². The minimum absolute atomic E-state index is 0.124. The van der Waals surface area contributed by atoms with Crippen molar-refractivity contribution in [2.45, 2.75) is 31.0 Å². The van der Waals surface area contributed by atoms with Crippen LogP contribution in [0.2, 0.25) is 0 Å². The number of ether oxygens (including phenoxy) is 1. The number of thiophene rings is 1. The summed E-state index contributed by atoms with van der Waals surface area (Å²) in [5.74, 6) is 0.828. The van der Waals surface area contributed by atoms with Gasteiger partial charge in [0.1, 0.15) is 12.1 Å². The Labute approximate surface area is 206 Å². The van der Waals surface area contributed by atoms with Gasteiger partial charge in [0.05, 0.1) is 23.0 Å². The van der Waals surface area contributed by atoms with E-state index in [0.717, 1.165) is 39.5 Å². The van der Waals surface area contributed by atoms with Gasteiger partial charge in [0, 0.05) is 38.8 Å². The normalized spacial score (nSPS) is 16.5. The fourth-order valence-electron chi connectivity index (χ4n) is 3.82. The Kier molecular flexibility index (Phi) is 7.33. The number of carbonyl (C=O) groups excluding carboxylic acids is 1.